The minimum Gasteiger partial charge on any atom is -0.309 e. The summed E-state index contributed by atoms with van der Waals surface area (Å²) in [5.74, 6) is 0. The molecule has 0 radical (unpaired) electrons. The third-order valence-electron chi connectivity index (χ3n) is 2.79. The summed E-state index contributed by atoms with van der Waals surface area (Å²) in [5.41, 5.74) is 2.40. The highest BCUT2D eigenvalue weighted by Crippen LogP contribution is 2.13. The largest absolute Gasteiger partial charge is 0.309 e. The molecule has 0 amide bonds. The zero-order chi connectivity index (χ0) is 10.5. The summed E-state index contributed by atoms with van der Waals surface area (Å²) in [4.78, 5) is 0. The lowest BCUT2D eigenvalue weighted by Gasteiger charge is -2.13. The molecule has 1 aromatic carbocycles. The molecule has 0 saturated heterocycles. The number of hydrogen-bond donors (Lipinski definition) is 1. The predicted molar refractivity (Wildman–Crippen MR) is 65.6 cm³/mol. The van der Waals surface area contributed by atoms with Crippen molar-refractivity contribution >= 4 is 5.57 Å². The molecule has 1 heteroatoms. The number of nitrogens with one attached hydrogen (secondary N) is 1. The van der Waals surface area contributed by atoms with Gasteiger partial charge in [0.15, 0.2) is 0 Å². The molecule has 0 fully saturated rings. The summed E-state index contributed by atoms with van der Waals surface area (Å²) < 4.78 is 0. The highest BCUT2D eigenvalue weighted by Gasteiger charge is 2.09. The highest BCUT2D eigenvalue weighted by molar-refractivity contribution is 5.64. The lowest BCUT2D eigenvalue weighted by molar-refractivity contribution is 0.577. The van der Waals surface area contributed by atoms with Gasteiger partial charge in [0.2, 0.25) is 0 Å². The van der Waals surface area contributed by atoms with E-state index in [4.69, 9.17) is 0 Å². The van der Waals surface area contributed by atoms with Crippen LogP contribution in [0.15, 0.2) is 49.1 Å². The van der Waals surface area contributed by atoms with Crippen molar-refractivity contribution in [1.82, 2.24) is 5.32 Å². The van der Waals surface area contributed by atoms with Gasteiger partial charge in [-0.15, -0.1) is 0 Å². The van der Waals surface area contributed by atoms with E-state index in [0.717, 1.165) is 19.4 Å². The van der Waals surface area contributed by atoms with Gasteiger partial charge in [0, 0.05) is 12.6 Å². The Morgan fingerprint density at radius 2 is 1.87 bits per heavy atom. The lowest BCUT2D eigenvalue weighted by atomic mass is 10.1. The minimum absolute atomic E-state index is 0.616. The summed E-state index contributed by atoms with van der Waals surface area (Å²) in [5, 5.41) is 3.52. The van der Waals surface area contributed by atoms with Crippen molar-refractivity contribution in [2.24, 2.45) is 0 Å². The van der Waals surface area contributed by atoms with E-state index in [-0.39, 0.29) is 0 Å². The average Bonchev–Trinajstić information content (AvgIpc) is 2.80. The van der Waals surface area contributed by atoms with E-state index in [2.05, 4.69) is 48.3 Å². The molecular weight excluding hydrogens is 182 g/mol. The standard InChI is InChI=1S/C14H17N/c1-12(13-7-3-2-4-8-13)11-15-14-9-5-6-10-14/h2-8,14-15H,1,9-11H2. The molecule has 1 N–H and O–H groups in total. The van der Waals surface area contributed by atoms with Crippen LogP contribution in [0.4, 0.5) is 0 Å². The SMILES string of the molecule is C=C(CNC1CC=CC1)c1ccccc1. The van der Waals surface area contributed by atoms with Gasteiger partial charge in [-0.05, 0) is 24.0 Å². The van der Waals surface area contributed by atoms with Gasteiger partial charge in [0.25, 0.3) is 0 Å². The van der Waals surface area contributed by atoms with E-state index in [9.17, 15) is 0 Å². The van der Waals surface area contributed by atoms with Crippen molar-refractivity contribution in [3.8, 4) is 0 Å². The molecule has 1 nitrogen and oxygen atoms in total. The molecule has 0 bridgehead atoms. The Bertz CT molecular complexity index is 343. The van der Waals surface area contributed by atoms with E-state index in [1.165, 1.54) is 11.1 Å². The topological polar surface area (TPSA) is 12.0 Å². The van der Waals surface area contributed by atoms with Crippen molar-refractivity contribution in [2.75, 3.05) is 6.54 Å². The normalized spacial score (nSPS) is 15.7. The van der Waals surface area contributed by atoms with Gasteiger partial charge in [-0.3, -0.25) is 0 Å². The summed E-state index contributed by atoms with van der Waals surface area (Å²) in [6.45, 7) is 4.99. The maximum absolute atomic E-state index is 4.10. The molecule has 0 spiro atoms. The van der Waals surface area contributed by atoms with Gasteiger partial charge >= 0.3 is 0 Å². The van der Waals surface area contributed by atoms with Crippen LogP contribution < -0.4 is 5.32 Å². The Kier molecular flexibility index (Phi) is 3.36. The Morgan fingerprint density at radius 3 is 2.53 bits per heavy atom. The molecule has 1 aliphatic carbocycles. The predicted octanol–water partition coefficient (Wildman–Crippen LogP) is 3.01. The number of rotatable bonds is 4. The third-order valence-corrected chi connectivity index (χ3v) is 2.79. The Balaban J connectivity index is 1.82. The zero-order valence-corrected chi connectivity index (χ0v) is 8.95. The van der Waals surface area contributed by atoms with Gasteiger partial charge in [-0.2, -0.15) is 0 Å². The number of benzene rings is 1. The van der Waals surface area contributed by atoms with Gasteiger partial charge in [0.1, 0.15) is 0 Å². The van der Waals surface area contributed by atoms with Crippen LogP contribution in [-0.4, -0.2) is 12.6 Å². The van der Waals surface area contributed by atoms with Gasteiger partial charge < -0.3 is 5.32 Å². The molecule has 2 rings (SSSR count). The molecule has 15 heavy (non-hydrogen) atoms. The van der Waals surface area contributed by atoms with Crippen LogP contribution in [0, 0.1) is 0 Å². The van der Waals surface area contributed by atoms with Crippen LogP contribution in [0.25, 0.3) is 5.57 Å². The highest BCUT2D eigenvalue weighted by atomic mass is 14.9. The minimum atomic E-state index is 0.616. The van der Waals surface area contributed by atoms with E-state index < -0.39 is 0 Å². The van der Waals surface area contributed by atoms with Crippen LogP contribution in [0.5, 0.6) is 0 Å². The maximum atomic E-state index is 4.10. The number of hydrogen-bond acceptors (Lipinski definition) is 1. The third kappa shape index (κ3) is 2.80. The summed E-state index contributed by atoms with van der Waals surface area (Å²) in [7, 11) is 0. The quantitative estimate of drug-likeness (QED) is 0.735. The first-order valence-electron chi connectivity index (χ1n) is 5.48. The molecule has 0 unspecified atom stereocenters. The van der Waals surface area contributed by atoms with Crippen LogP contribution in [-0.2, 0) is 0 Å². The van der Waals surface area contributed by atoms with Gasteiger partial charge in [0.05, 0.1) is 0 Å². The molecule has 1 aromatic rings. The fraction of sp³-hybridized carbons (Fsp3) is 0.286. The fourth-order valence-electron chi connectivity index (χ4n) is 1.83. The van der Waals surface area contributed by atoms with Crippen molar-refractivity contribution < 1.29 is 0 Å². The second-order valence-corrected chi connectivity index (χ2v) is 3.99. The molecular formula is C14H17N. The lowest BCUT2D eigenvalue weighted by Crippen LogP contribution is -2.27. The van der Waals surface area contributed by atoms with E-state index >= 15 is 0 Å². The van der Waals surface area contributed by atoms with Gasteiger partial charge in [-0.25, -0.2) is 0 Å². The maximum Gasteiger partial charge on any atom is 0.0208 e. The van der Waals surface area contributed by atoms with Crippen molar-refractivity contribution in [2.45, 2.75) is 18.9 Å². The van der Waals surface area contributed by atoms with Crippen LogP contribution in [0.2, 0.25) is 0 Å². The van der Waals surface area contributed by atoms with Gasteiger partial charge in [-0.1, -0.05) is 49.1 Å². The van der Waals surface area contributed by atoms with Crippen molar-refractivity contribution in [1.29, 1.82) is 0 Å². The second-order valence-electron chi connectivity index (χ2n) is 3.99. The van der Waals surface area contributed by atoms with Crippen LogP contribution in [0.3, 0.4) is 0 Å². The first kappa shape index (κ1) is 10.2. The van der Waals surface area contributed by atoms with Crippen molar-refractivity contribution in [3.63, 3.8) is 0 Å². The van der Waals surface area contributed by atoms with Crippen LogP contribution >= 0.6 is 0 Å². The monoisotopic (exact) mass is 199 g/mol. The summed E-state index contributed by atoms with van der Waals surface area (Å²) >= 11 is 0. The molecule has 0 atom stereocenters. The smallest absolute Gasteiger partial charge is 0.0208 e. The molecule has 0 saturated carbocycles. The van der Waals surface area contributed by atoms with E-state index in [0.29, 0.717) is 6.04 Å². The average molecular weight is 199 g/mol. The summed E-state index contributed by atoms with van der Waals surface area (Å²) in [6.07, 6.45) is 6.79. The first-order valence-corrected chi connectivity index (χ1v) is 5.48. The Morgan fingerprint density at radius 1 is 1.20 bits per heavy atom. The molecule has 78 valence electrons. The fourth-order valence-corrected chi connectivity index (χ4v) is 1.83. The molecule has 0 heterocycles. The first-order chi connectivity index (χ1) is 7.36. The molecule has 0 aromatic heterocycles. The van der Waals surface area contributed by atoms with E-state index in [1.807, 2.05) is 6.07 Å². The Hall–Kier alpha value is -1.34. The van der Waals surface area contributed by atoms with Crippen molar-refractivity contribution in [3.05, 3.63) is 54.6 Å². The van der Waals surface area contributed by atoms with E-state index in [1.54, 1.807) is 0 Å². The zero-order valence-electron chi connectivity index (χ0n) is 8.95. The summed E-state index contributed by atoms with van der Waals surface area (Å²) in [6, 6.07) is 11.0. The Labute approximate surface area is 91.5 Å². The second kappa shape index (κ2) is 4.94. The molecule has 1 aliphatic rings. The van der Waals surface area contributed by atoms with Crippen LogP contribution in [0.1, 0.15) is 18.4 Å². The molecule has 0 aliphatic heterocycles.